The Balaban J connectivity index is 1.34. The normalized spacial score (nSPS) is 16.0. The third kappa shape index (κ3) is 5.37. The Bertz CT molecular complexity index is 1030. The summed E-state index contributed by atoms with van der Waals surface area (Å²) >= 11 is 0. The molecule has 1 N–H and O–H groups in total. The molecule has 0 bridgehead atoms. The highest BCUT2D eigenvalue weighted by Crippen LogP contribution is 2.21. The number of aryl methyl sites for hydroxylation is 1. The predicted molar refractivity (Wildman–Crippen MR) is 122 cm³/mol. The number of likely N-dealkylation sites (tertiary alicyclic amines) is 1. The monoisotopic (exact) mass is 413 g/mol. The quantitative estimate of drug-likeness (QED) is 0.671. The molecule has 1 saturated heterocycles. The van der Waals surface area contributed by atoms with Crippen LogP contribution in [0.25, 0.3) is 0 Å². The Morgan fingerprint density at radius 3 is 2.35 bits per heavy atom. The summed E-state index contributed by atoms with van der Waals surface area (Å²) in [6, 6.07) is 19.5. The summed E-state index contributed by atoms with van der Waals surface area (Å²) < 4.78 is 0. The number of carbonyl (C=O) groups excluding carboxylic acids is 2. The number of rotatable bonds is 5. The topological polar surface area (TPSA) is 62.3 Å². The summed E-state index contributed by atoms with van der Waals surface area (Å²) in [6.07, 6.45) is 6.04. The van der Waals surface area contributed by atoms with Gasteiger partial charge in [0.15, 0.2) is 0 Å². The van der Waals surface area contributed by atoms with Gasteiger partial charge in [-0.3, -0.25) is 14.6 Å². The molecule has 3 aromatic rings. The van der Waals surface area contributed by atoms with Crippen molar-refractivity contribution in [3.8, 4) is 0 Å². The fourth-order valence-electron chi connectivity index (χ4n) is 3.94. The highest BCUT2D eigenvalue weighted by Gasteiger charge is 2.29. The van der Waals surface area contributed by atoms with Crippen molar-refractivity contribution >= 4 is 17.5 Å². The van der Waals surface area contributed by atoms with E-state index in [0.717, 1.165) is 30.5 Å². The number of amides is 2. The first-order valence-electron chi connectivity index (χ1n) is 10.7. The number of nitrogens with zero attached hydrogens (tertiary/aromatic N) is 2. The molecule has 31 heavy (non-hydrogen) atoms. The van der Waals surface area contributed by atoms with Gasteiger partial charge in [0.1, 0.15) is 0 Å². The van der Waals surface area contributed by atoms with Gasteiger partial charge in [0, 0.05) is 36.7 Å². The molecule has 158 valence electrons. The molecule has 0 aliphatic carbocycles. The highest BCUT2D eigenvalue weighted by molar-refractivity contribution is 5.96. The number of anilines is 1. The van der Waals surface area contributed by atoms with E-state index in [9.17, 15) is 9.59 Å². The Hall–Kier alpha value is -3.47. The number of hydrogen-bond acceptors (Lipinski definition) is 3. The Kier molecular flexibility index (Phi) is 6.41. The van der Waals surface area contributed by atoms with Crippen molar-refractivity contribution in [2.24, 2.45) is 5.92 Å². The minimum Gasteiger partial charge on any atom is -0.338 e. The van der Waals surface area contributed by atoms with Gasteiger partial charge in [0.25, 0.3) is 5.91 Å². The minimum atomic E-state index is -0.195. The van der Waals surface area contributed by atoms with Crippen LogP contribution in [0.4, 0.5) is 5.69 Å². The summed E-state index contributed by atoms with van der Waals surface area (Å²) in [5, 5.41) is 3.02. The molecule has 1 unspecified atom stereocenters. The molecule has 0 radical (unpaired) electrons. The Labute approximate surface area is 183 Å². The van der Waals surface area contributed by atoms with Crippen molar-refractivity contribution in [3.05, 3.63) is 95.3 Å². The van der Waals surface area contributed by atoms with Crippen molar-refractivity contribution in [1.29, 1.82) is 0 Å². The van der Waals surface area contributed by atoms with Gasteiger partial charge in [-0.05, 0) is 73.7 Å². The molecule has 1 aromatic heterocycles. The van der Waals surface area contributed by atoms with Gasteiger partial charge >= 0.3 is 0 Å². The van der Waals surface area contributed by atoms with Crippen LogP contribution in [0, 0.1) is 12.8 Å². The predicted octanol–water partition coefficient (Wildman–Crippen LogP) is 4.47. The Morgan fingerprint density at radius 1 is 0.968 bits per heavy atom. The van der Waals surface area contributed by atoms with Crippen LogP contribution in [0.2, 0.25) is 0 Å². The SMILES string of the molecule is Cc1ccc(C(=O)N2CCCC(C(=O)Nc3ccc(Cc4ccncc4)cc3)C2)cc1. The fraction of sp³-hybridized carbons (Fsp3) is 0.269. The lowest BCUT2D eigenvalue weighted by molar-refractivity contribution is -0.121. The van der Waals surface area contributed by atoms with Crippen molar-refractivity contribution in [2.75, 3.05) is 18.4 Å². The zero-order valence-corrected chi connectivity index (χ0v) is 17.8. The van der Waals surface area contributed by atoms with Crippen LogP contribution in [0.3, 0.4) is 0 Å². The van der Waals surface area contributed by atoms with Crippen molar-refractivity contribution in [3.63, 3.8) is 0 Å². The lowest BCUT2D eigenvalue weighted by Gasteiger charge is -2.32. The number of piperidine rings is 1. The highest BCUT2D eigenvalue weighted by atomic mass is 16.2. The van der Waals surface area contributed by atoms with E-state index in [1.165, 1.54) is 11.1 Å². The molecule has 4 rings (SSSR count). The maximum atomic E-state index is 12.8. The van der Waals surface area contributed by atoms with Crippen molar-refractivity contribution in [1.82, 2.24) is 9.88 Å². The van der Waals surface area contributed by atoms with Gasteiger partial charge in [-0.25, -0.2) is 0 Å². The molecule has 5 heteroatoms. The summed E-state index contributed by atoms with van der Waals surface area (Å²) in [7, 11) is 0. The lowest BCUT2D eigenvalue weighted by atomic mass is 9.96. The van der Waals surface area contributed by atoms with Crippen LogP contribution >= 0.6 is 0 Å². The van der Waals surface area contributed by atoms with Crippen LogP contribution in [-0.2, 0) is 11.2 Å². The molecule has 2 aromatic carbocycles. The molecular formula is C26H27N3O2. The lowest BCUT2D eigenvalue weighted by Crippen LogP contribution is -2.43. The molecule has 0 spiro atoms. The van der Waals surface area contributed by atoms with Gasteiger partial charge in [-0.1, -0.05) is 29.8 Å². The number of aromatic nitrogens is 1. The fourth-order valence-corrected chi connectivity index (χ4v) is 3.94. The van der Waals surface area contributed by atoms with E-state index in [-0.39, 0.29) is 17.7 Å². The molecule has 5 nitrogen and oxygen atoms in total. The summed E-state index contributed by atoms with van der Waals surface area (Å²) in [4.78, 5) is 31.5. The van der Waals surface area contributed by atoms with Crippen LogP contribution < -0.4 is 5.32 Å². The van der Waals surface area contributed by atoms with Crippen LogP contribution in [0.5, 0.6) is 0 Å². The van der Waals surface area contributed by atoms with E-state index in [1.54, 1.807) is 17.3 Å². The molecule has 2 amide bonds. The second kappa shape index (κ2) is 9.56. The van der Waals surface area contributed by atoms with Crippen molar-refractivity contribution < 1.29 is 9.59 Å². The van der Waals surface area contributed by atoms with Gasteiger partial charge < -0.3 is 10.2 Å². The van der Waals surface area contributed by atoms with Crippen LogP contribution in [0.1, 0.15) is 39.9 Å². The van der Waals surface area contributed by atoms with E-state index in [0.29, 0.717) is 18.7 Å². The zero-order valence-electron chi connectivity index (χ0n) is 17.8. The first-order chi connectivity index (χ1) is 15.1. The first-order valence-corrected chi connectivity index (χ1v) is 10.7. The van der Waals surface area contributed by atoms with Crippen LogP contribution in [0.15, 0.2) is 73.1 Å². The number of pyridine rings is 1. The van der Waals surface area contributed by atoms with E-state index >= 15 is 0 Å². The second-order valence-corrected chi connectivity index (χ2v) is 8.17. The molecule has 1 atom stereocenters. The molecule has 1 aliphatic heterocycles. The maximum Gasteiger partial charge on any atom is 0.253 e. The van der Waals surface area contributed by atoms with Gasteiger partial charge in [-0.2, -0.15) is 0 Å². The standard InChI is InChI=1S/C26H27N3O2/c1-19-4-8-22(9-5-19)26(31)29-16-2-3-23(18-29)25(30)28-24-10-6-20(7-11-24)17-21-12-14-27-15-13-21/h4-15,23H,2-3,16-18H2,1H3,(H,28,30). The third-order valence-corrected chi connectivity index (χ3v) is 5.76. The molecular weight excluding hydrogens is 386 g/mol. The van der Waals surface area contributed by atoms with E-state index in [4.69, 9.17) is 0 Å². The molecule has 1 fully saturated rings. The number of benzene rings is 2. The number of hydrogen-bond donors (Lipinski definition) is 1. The van der Waals surface area contributed by atoms with E-state index in [2.05, 4.69) is 10.3 Å². The zero-order chi connectivity index (χ0) is 21.6. The first kappa shape index (κ1) is 20.8. The minimum absolute atomic E-state index is 0.00188. The second-order valence-electron chi connectivity index (χ2n) is 8.17. The molecule has 0 saturated carbocycles. The largest absolute Gasteiger partial charge is 0.338 e. The summed E-state index contributed by atoms with van der Waals surface area (Å²) in [5.41, 5.74) is 4.96. The van der Waals surface area contributed by atoms with Gasteiger partial charge in [-0.15, -0.1) is 0 Å². The smallest absolute Gasteiger partial charge is 0.253 e. The van der Waals surface area contributed by atoms with E-state index < -0.39 is 0 Å². The maximum absolute atomic E-state index is 12.8. The summed E-state index contributed by atoms with van der Waals surface area (Å²) in [6.45, 7) is 3.15. The number of carbonyl (C=O) groups is 2. The van der Waals surface area contributed by atoms with E-state index in [1.807, 2.05) is 67.6 Å². The Morgan fingerprint density at radius 2 is 1.65 bits per heavy atom. The average molecular weight is 414 g/mol. The van der Waals surface area contributed by atoms with Gasteiger partial charge in [0.2, 0.25) is 5.91 Å². The molecule has 1 aliphatic rings. The average Bonchev–Trinajstić information content (AvgIpc) is 2.81. The number of nitrogens with one attached hydrogen (secondary N) is 1. The van der Waals surface area contributed by atoms with Crippen LogP contribution in [-0.4, -0.2) is 34.8 Å². The van der Waals surface area contributed by atoms with Crippen molar-refractivity contribution in [2.45, 2.75) is 26.2 Å². The van der Waals surface area contributed by atoms with Gasteiger partial charge in [0.05, 0.1) is 5.92 Å². The third-order valence-electron chi connectivity index (χ3n) is 5.76. The summed E-state index contributed by atoms with van der Waals surface area (Å²) in [5.74, 6) is -0.221. The molecule has 2 heterocycles.